The van der Waals surface area contributed by atoms with E-state index in [1.807, 2.05) is 14.1 Å². The first-order valence-electron chi connectivity index (χ1n) is 5.60. The monoisotopic (exact) mass is 196 g/mol. The number of likely N-dealkylation sites (N-methyl/N-ethyl adjacent to an activating group) is 1. The van der Waals surface area contributed by atoms with Crippen LogP contribution in [0.1, 0.15) is 25.7 Å². The number of rotatable bonds is 3. The number of fused-ring (bicyclic) bond motifs is 2. The number of carbonyl (C=O) groups is 1. The lowest BCUT2D eigenvalue weighted by Gasteiger charge is -2.23. The zero-order valence-electron chi connectivity index (χ0n) is 9.12. The Hall–Kier alpha value is -0.570. The molecule has 0 aromatic rings. The summed E-state index contributed by atoms with van der Waals surface area (Å²) in [6.07, 6.45) is 5.49. The molecular formula is C11H20N2O. The topological polar surface area (TPSA) is 32.3 Å². The minimum atomic E-state index is 0.188. The maximum atomic E-state index is 11.4. The van der Waals surface area contributed by atoms with E-state index in [9.17, 15) is 4.79 Å². The molecule has 2 fully saturated rings. The van der Waals surface area contributed by atoms with Crippen molar-refractivity contribution >= 4 is 5.91 Å². The molecule has 2 aliphatic rings. The molecular weight excluding hydrogens is 176 g/mol. The van der Waals surface area contributed by atoms with Crippen molar-refractivity contribution in [2.45, 2.75) is 31.7 Å². The molecule has 14 heavy (non-hydrogen) atoms. The van der Waals surface area contributed by atoms with Crippen LogP contribution in [-0.2, 0) is 4.79 Å². The molecule has 0 spiro atoms. The molecule has 1 amide bonds. The molecule has 0 aliphatic heterocycles. The molecule has 2 aliphatic carbocycles. The highest BCUT2D eigenvalue weighted by Gasteiger charge is 2.39. The van der Waals surface area contributed by atoms with Crippen molar-refractivity contribution < 1.29 is 4.79 Å². The number of nitrogens with zero attached hydrogens (tertiary/aromatic N) is 1. The van der Waals surface area contributed by atoms with Crippen molar-refractivity contribution in [3.05, 3.63) is 0 Å². The third kappa shape index (κ3) is 1.92. The van der Waals surface area contributed by atoms with E-state index in [1.54, 1.807) is 4.90 Å². The highest BCUT2D eigenvalue weighted by atomic mass is 16.2. The average molecular weight is 196 g/mol. The summed E-state index contributed by atoms with van der Waals surface area (Å²) in [5, 5.41) is 3.40. The standard InChI is InChI=1S/C11H20N2O/c1-13(2)11(14)7-12-10-6-8-3-4-9(10)5-8/h8-10,12H,3-7H2,1-2H3/t8-,9-,10+/m1/s1. The van der Waals surface area contributed by atoms with Crippen LogP contribution in [0.5, 0.6) is 0 Å². The van der Waals surface area contributed by atoms with E-state index < -0.39 is 0 Å². The Morgan fingerprint density at radius 2 is 2.14 bits per heavy atom. The second-order valence-corrected chi connectivity index (χ2v) is 4.95. The lowest BCUT2D eigenvalue weighted by molar-refractivity contribution is -0.127. The van der Waals surface area contributed by atoms with Gasteiger partial charge < -0.3 is 10.2 Å². The van der Waals surface area contributed by atoms with Gasteiger partial charge in [-0.25, -0.2) is 0 Å². The van der Waals surface area contributed by atoms with Crippen molar-refractivity contribution in [3.63, 3.8) is 0 Å². The highest BCUT2D eigenvalue weighted by molar-refractivity contribution is 5.77. The van der Waals surface area contributed by atoms with Gasteiger partial charge in [-0.15, -0.1) is 0 Å². The minimum Gasteiger partial charge on any atom is -0.348 e. The van der Waals surface area contributed by atoms with Crippen molar-refractivity contribution in [2.75, 3.05) is 20.6 Å². The molecule has 3 heteroatoms. The Balaban J connectivity index is 1.74. The van der Waals surface area contributed by atoms with Crippen LogP contribution in [0.4, 0.5) is 0 Å². The summed E-state index contributed by atoms with van der Waals surface area (Å²) < 4.78 is 0. The van der Waals surface area contributed by atoms with Gasteiger partial charge >= 0.3 is 0 Å². The van der Waals surface area contributed by atoms with Gasteiger partial charge in [0.05, 0.1) is 6.54 Å². The summed E-state index contributed by atoms with van der Waals surface area (Å²) >= 11 is 0. The van der Waals surface area contributed by atoms with E-state index in [1.165, 1.54) is 25.7 Å². The fourth-order valence-electron chi connectivity index (χ4n) is 2.87. The first-order chi connectivity index (χ1) is 6.66. The van der Waals surface area contributed by atoms with Gasteiger partial charge in [-0.05, 0) is 31.1 Å². The van der Waals surface area contributed by atoms with Crippen LogP contribution in [0.3, 0.4) is 0 Å². The van der Waals surface area contributed by atoms with Crippen LogP contribution in [0.15, 0.2) is 0 Å². The van der Waals surface area contributed by atoms with E-state index in [0.29, 0.717) is 12.6 Å². The van der Waals surface area contributed by atoms with Crippen LogP contribution in [0.25, 0.3) is 0 Å². The van der Waals surface area contributed by atoms with Gasteiger partial charge in [0.15, 0.2) is 0 Å². The summed E-state index contributed by atoms with van der Waals surface area (Å²) in [6.45, 7) is 0.515. The predicted octanol–water partition coefficient (Wildman–Crippen LogP) is 0.853. The first-order valence-corrected chi connectivity index (χ1v) is 5.60. The summed E-state index contributed by atoms with van der Waals surface area (Å²) in [5.41, 5.74) is 0. The van der Waals surface area contributed by atoms with Gasteiger partial charge in [-0.1, -0.05) is 6.42 Å². The van der Waals surface area contributed by atoms with E-state index in [2.05, 4.69) is 5.32 Å². The molecule has 3 nitrogen and oxygen atoms in total. The summed E-state index contributed by atoms with van der Waals surface area (Å²) in [5.74, 6) is 2.00. The Labute approximate surface area is 85.8 Å². The van der Waals surface area contributed by atoms with Crippen LogP contribution in [0, 0.1) is 11.8 Å². The summed E-state index contributed by atoms with van der Waals surface area (Å²) in [7, 11) is 3.62. The molecule has 0 unspecified atom stereocenters. The summed E-state index contributed by atoms with van der Waals surface area (Å²) in [4.78, 5) is 13.0. The zero-order chi connectivity index (χ0) is 10.1. The molecule has 0 heterocycles. The number of carbonyl (C=O) groups excluding carboxylic acids is 1. The van der Waals surface area contributed by atoms with E-state index in [4.69, 9.17) is 0 Å². The Kier molecular flexibility index (Phi) is 2.77. The third-order valence-electron chi connectivity index (χ3n) is 3.75. The Bertz CT molecular complexity index is 227. The normalized spacial score (nSPS) is 34.9. The van der Waals surface area contributed by atoms with Crippen LogP contribution in [-0.4, -0.2) is 37.5 Å². The number of hydrogen-bond donors (Lipinski definition) is 1. The number of hydrogen-bond acceptors (Lipinski definition) is 2. The van der Waals surface area contributed by atoms with E-state index in [-0.39, 0.29) is 5.91 Å². The van der Waals surface area contributed by atoms with Gasteiger partial charge in [0.2, 0.25) is 5.91 Å². The van der Waals surface area contributed by atoms with Gasteiger partial charge in [-0.2, -0.15) is 0 Å². The highest BCUT2D eigenvalue weighted by Crippen LogP contribution is 2.44. The molecule has 2 bridgehead atoms. The Morgan fingerprint density at radius 3 is 2.64 bits per heavy atom. The molecule has 1 N–H and O–H groups in total. The van der Waals surface area contributed by atoms with Crippen molar-refractivity contribution in [3.8, 4) is 0 Å². The van der Waals surface area contributed by atoms with Gasteiger partial charge in [0.25, 0.3) is 0 Å². The zero-order valence-corrected chi connectivity index (χ0v) is 9.12. The van der Waals surface area contributed by atoms with Crippen molar-refractivity contribution in [1.29, 1.82) is 0 Å². The smallest absolute Gasteiger partial charge is 0.236 e. The second-order valence-electron chi connectivity index (χ2n) is 4.95. The van der Waals surface area contributed by atoms with Crippen LogP contribution >= 0.6 is 0 Å². The largest absolute Gasteiger partial charge is 0.348 e. The number of amides is 1. The lowest BCUT2D eigenvalue weighted by atomic mass is 9.95. The Morgan fingerprint density at radius 1 is 1.36 bits per heavy atom. The summed E-state index contributed by atoms with van der Waals surface area (Å²) in [6, 6.07) is 0.623. The lowest BCUT2D eigenvalue weighted by Crippen LogP contribution is -2.41. The van der Waals surface area contributed by atoms with E-state index in [0.717, 1.165) is 11.8 Å². The molecule has 80 valence electrons. The van der Waals surface area contributed by atoms with Crippen LogP contribution in [0.2, 0.25) is 0 Å². The molecule has 0 radical (unpaired) electrons. The SMILES string of the molecule is CN(C)C(=O)CN[C@H]1C[C@@H]2CC[C@@H]1C2. The average Bonchev–Trinajstić information content (AvgIpc) is 2.74. The maximum absolute atomic E-state index is 11.4. The molecule has 0 aromatic carbocycles. The molecule has 2 rings (SSSR count). The maximum Gasteiger partial charge on any atom is 0.236 e. The molecule has 0 aromatic heterocycles. The van der Waals surface area contributed by atoms with Crippen LogP contribution < -0.4 is 5.32 Å². The molecule has 2 saturated carbocycles. The van der Waals surface area contributed by atoms with Gasteiger partial charge in [-0.3, -0.25) is 4.79 Å². The minimum absolute atomic E-state index is 0.188. The second kappa shape index (κ2) is 3.89. The van der Waals surface area contributed by atoms with Crippen molar-refractivity contribution in [2.24, 2.45) is 11.8 Å². The van der Waals surface area contributed by atoms with Crippen molar-refractivity contribution in [1.82, 2.24) is 10.2 Å². The molecule has 0 saturated heterocycles. The fourth-order valence-corrected chi connectivity index (χ4v) is 2.87. The number of nitrogens with one attached hydrogen (secondary N) is 1. The first kappa shape index (κ1) is 9.97. The quantitative estimate of drug-likeness (QED) is 0.726. The van der Waals surface area contributed by atoms with Gasteiger partial charge in [0.1, 0.15) is 0 Å². The fraction of sp³-hybridized carbons (Fsp3) is 0.909. The van der Waals surface area contributed by atoms with Gasteiger partial charge in [0, 0.05) is 20.1 Å². The predicted molar refractivity (Wildman–Crippen MR) is 55.9 cm³/mol. The third-order valence-corrected chi connectivity index (χ3v) is 3.75. The molecule has 3 atom stereocenters. The van der Waals surface area contributed by atoms with E-state index >= 15 is 0 Å².